The van der Waals surface area contributed by atoms with E-state index in [2.05, 4.69) is 37.2 Å². The van der Waals surface area contributed by atoms with Gasteiger partial charge in [-0.05, 0) is 108 Å². The smallest absolute Gasteiger partial charge is 0.255 e. The topological polar surface area (TPSA) is 106 Å². The lowest BCUT2D eigenvalue weighted by atomic mass is 10.1. The van der Waals surface area contributed by atoms with Crippen molar-refractivity contribution in [2.45, 2.75) is 25.7 Å². The number of anilines is 2. The maximum Gasteiger partial charge on any atom is 0.255 e. The molecular weight excluding hydrogens is 710 g/mol. The summed E-state index contributed by atoms with van der Waals surface area (Å²) >= 11 is 11.9. The van der Waals surface area contributed by atoms with Crippen LogP contribution in [0.15, 0.2) is 81.7 Å². The third-order valence-electron chi connectivity index (χ3n) is 6.73. The molecule has 11 heteroatoms. The van der Waals surface area contributed by atoms with E-state index >= 15 is 0 Å². The highest BCUT2D eigenvalue weighted by Gasteiger charge is 2.26. The number of amides is 1. The van der Waals surface area contributed by atoms with Crippen LogP contribution in [-0.4, -0.2) is 22.7 Å². The predicted molar refractivity (Wildman–Crippen MR) is 169 cm³/mol. The number of hydrogen-bond donors (Lipinski definition) is 2. The van der Waals surface area contributed by atoms with E-state index < -0.39 is 11.1 Å². The summed E-state index contributed by atoms with van der Waals surface area (Å²) in [6, 6.07) is 17.5. The van der Waals surface area contributed by atoms with Crippen molar-refractivity contribution in [1.82, 2.24) is 0 Å². The van der Waals surface area contributed by atoms with Crippen LogP contribution in [-0.2, 0) is 12.8 Å². The number of ketones is 2. The normalized spacial score (nSPS) is 12.8. The van der Waals surface area contributed by atoms with E-state index in [-0.39, 0.29) is 23.3 Å². The molecule has 0 atom stereocenters. The van der Waals surface area contributed by atoms with Gasteiger partial charge in [0.1, 0.15) is 11.6 Å². The van der Waals surface area contributed by atoms with Gasteiger partial charge in [0.2, 0.25) is 0 Å². The number of carbonyl (C=O) groups excluding carboxylic acids is 4. The van der Waals surface area contributed by atoms with E-state index in [0.717, 1.165) is 32.1 Å². The molecule has 0 unspecified atom stereocenters. The molecule has 3 N–H and O–H groups in total. The maximum atomic E-state index is 12.9. The van der Waals surface area contributed by atoms with Crippen molar-refractivity contribution in [3.8, 4) is 0 Å². The number of Topliss-reactive ketones (excluding diaryl/α,β-unsaturated/α-hetero) is 2. The van der Waals surface area contributed by atoms with Crippen molar-refractivity contribution in [2.75, 3.05) is 11.1 Å². The van der Waals surface area contributed by atoms with Crippen LogP contribution >= 0.6 is 43.5 Å². The summed E-state index contributed by atoms with van der Waals surface area (Å²) in [5.74, 6) is -0.934. The molecule has 0 saturated heterocycles. The molecule has 2 aliphatic rings. The lowest BCUT2D eigenvalue weighted by Gasteiger charge is -2.11. The van der Waals surface area contributed by atoms with Crippen LogP contribution in [0.5, 0.6) is 0 Å². The number of benzene rings is 4. The van der Waals surface area contributed by atoms with Gasteiger partial charge < -0.3 is 11.1 Å². The number of hydrogen-bond acceptors (Lipinski definition) is 5. The zero-order valence-electron chi connectivity index (χ0n) is 22.4. The van der Waals surface area contributed by atoms with E-state index in [1.807, 2.05) is 12.1 Å². The predicted octanol–water partition coefficient (Wildman–Crippen LogP) is 8.33. The van der Waals surface area contributed by atoms with Crippen molar-refractivity contribution >= 4 is 77.6 Å². The average Bonchev–Trinajstić information content (AvgIpc) is 3.58. The standard InChI is InChI=1S/C16H11BrFNO2.C9H8BrNO.C7H4ClFO/c17-12-6-7-13(15-11(12)5-8-14(15)20)19-16(21)9-1-3-10(18)4-2-9;10-6-2-3-7(11)9-5(6)1-4-8(9)12;8-7(10)5-1-3-6(9)4-2-5/h1-4,6-7H,5,8H2,(H,19,21);2-3H,1,4,11H2;1-4H. The molecule has 1 amide bonds. The summed E-state index contributed by atoms with van der Waals surface area (Å²) < 4.78 is 26.9. The number of carbonyl (C=O) groups is 4. The second kappa shape index (κ2) is 14.2. The first-order valence-electron chi connectivity index (χ1n) is 12.9. The summed E-state index contributed by atoms with van der Waals surface area (Å²) in [6.45, 7) is 0. The van der Waals surface area contributed by atoms with Crippen molar-refractivity contribution in [1.29, 1.82) is 0 Å². The molecule has 0 aromatic heterocycles. The Kier molecular flexibility index (Phi) is 10.6. The Morgan fingerprint density at radius 1 is 0.674 bits per heavy atom. The molecule has 0 aliphatic heterocycles. The summed E-state index contributed by atoms with van der Waals surface area (Å²) in [7, 11) is 0. The zero-order chi connectivity index (χ0) is 31.3. The Morgan fingerprint density at radius 2 is 1.14 bits per heavy atom. The van der Waals surface area contributed by atoms with Gasteiger partial charge >= 0.3 is 0 Å². The highest BCUT2D eigenvalue weighted by Crippen LogP contribution is 2.35. The van der Waals surface area contributed by atoms with Gasteiger partial charge in [-0.15, -0.1) is 0 Å². The first kappa shape index (κ1) is 32.2. The maximum absolute atomic E-state index is 12.9. The molecule has 0 saturated carbocycles. The Hall–Kier alpha value is -3.73. The number of nitrogens with one attached hydrogen (secondary N) is 1. The summed E-state index contributed by atoms with van der Waals surface area (Å²) in [4.78, 5) is 45.9. The van der Waals surface area contributed by atoms with Gasteiger partial charge in [-0.1, -0.05) is 31.9 Å². The van der Waals surface area contributed by atoms with Gasteiger partial charge in [0, 0.05) is 49.7 Å². The summed E-state index contributed by atoms with van der Waals surface area (Å²) in [5, 5.41) is 2.16. The van der Waals surface area contributed by atoms with Gasteiger partial charge in [0.25, 0.3) is 11.1 Å². The van der Waals surface area contributed by atoms with Gasteiger partial charge in [-0.3, -0.25) is 19.2 Å². The van der Waals surface area contributed by atoms with Crippen LogP contribution in [0, 0.1) is 11.6 Å². The third-order valence-corrected chi connectivity index (χ3v) is 8.44. The molecule has 0 heterocycles. The minimum Gasteiger partial charge on any atom is -0.398 e. The highest BCUT2D eigenvalue weighted by molar-refractivity contribution is 9.10. The molecule has 4 aromatic carbocycles. The molecule has 4 aromatic rings. The molecule has 220 valence electrons. The van der Waals surface area contributed by atoms with Crippen LogP contribution in [0.25, 0.3) is 0 Å². The van der Waals surface area contributed by atoms with Crippen molar-refractivity contribution < 1.29 is 28.0 Å². The molecule has 6 nitrogen and oxygen atoms in total. The molecular formula is C32H23Br2ClF2N2O4. The Labute approximate surface area is 267 Å². The van der Waals surface area contributed by atoms with Crippen molar-refractivity contribution in [3.63, 3.8) is 0 Å². The molecule has 2 aliphatic carbocycles. The second-order valence-corrected chi connectivity index (χ2v) is 11.6. The minimum atomic E-state index is -0.569. The minimum absolute atomic E-state index is 0.0284. The second-order valence-electron chi connectivity index (χ2n) is 9.53. The zero-order valence-corrected chi connectivity index (χ0v) is 26.3. The van der Waals surface area contributed by atoms with Crippen LogP contribution < -0.4 is 11.1 Å². The van der Waals surface area contributed by atoms with E-state index in [1.165, 1.54) is 48.5 Å². The van der Waals surface area contributed by atoms with Gasteiger partial charge in [0.05, 0.1) is 5.69 Å². The fourth-order valence-electron chi connectivity index (χ4n) is 4.61. The molecule has 0 radical (unpaired) electrons. The Balaban J connectivity index is 0.000000163. The van der Waals surface area contributed by atoms with Gasteiger partial charge in [-0.2, -0.15) is 0 Å². The van der Waals surface area contributed by atoms with E-state index in [1.54, 1.807) is 12.1 Å². The van der Waals surface area contributed by atoms with Crippen LogP contribution in [0.4, 0.5) is 20.2 Å². The van der Waals surface area contributed by atoms with E-state index in [9.17, 15) is 28.0 Å². The fourth-order valence-corrected chi connectivity index (χ4v) is 5.79. The number of nitrogens with two attached hydrogens (primary N) is 1. The van der Waals surface area contributed by atoms with E-state index in [4.69, 9.17) is 17.3 Å². The van der Waals surface area contributed by atoms with Crippen LogP contribution in [0.1, 0.15) is 65.4 Å². The molecule has 6 rings (SSSR count). The third kappa shape index (κ3) is 7.81. The fraction of sp³-hybridized carbons (Fsp3) is 0.125. The van der Waals surface area contributed by atoms with Gasteiger partial charge in [0.15, 0.2) is 11.6 Å². The largest absolute Gasteiger partial charge is 0.398 e. The Morgan fingerprint density at radius 3 is 1.65 bits per heavy atom. The molecule has 0 bridgehead atoms. The molecule has 0 fully saturated rings. The number of rotatable bonds is 3. The number of fused-ring (bicyclic) bond motifs is 2. The quantitative estimate of drug-likeness (QED) is 0.163. The molecule has 43 heavy (non-hydrogen) atoms. The monoisotopic (exact) mass is 730 g/mol. The average molecular weight is 733 g/mol. The molecule has 0 spiro atoms. The SMILES string of the molecule is Nc1ccc(Br)c2c1C(=O)CC2.O=C(Cl)c1ccc(F)cc1.O=C(Nc1ccc(Br)c2c1C(=O)CC2)c1ccc(F)cc1. The highest BCUT2D eigenvalue weighted by atomic mass is 79.9. The first-order valence-corrected chi connectivity index (χ1v) is 14.9. The van der Waals surface area contributed by atoms with Crippen LogP contribution in [0.3, 0.4) is 0 Å². The van der Waals surface area contributed by atoms with Gasteiger partial charge in [-0.25, -0.2) is 8.78 Å². The Bertz CT molecular complexity index is 1730. The summed E-state index contributed by atoms with van der Waals surface area (Å²) in [5.41, 5.74) is 10.7. The number of nitrogen functional groups attached to an aromatic ring is 1. The van der Waals surface area contributed by atoms with Crippen LogP contribution in [0.2, 0.25) is 0 Å². The number of halogens is 5. The van der Waals surface area contributed by atoms with Crippen molar-refractivity contribution in [3.05, 3.63) is 127 Å². The van der Waals surface area contributed by atoms with Crippen molar-refractivity contribution in [2.24, 2.45) is 0 Å². The first-order chi connectivity index (χ1) is 20.5. The lowest BCUT2D eigenvalue weighted by molar-refractivity contribution is 0.0986. The van der Waals surface area contributed by atoms with E-state index in [0.29, 0.717) is 47.3 Å². The lowest BCUT2D eigenvalue weighted by Crippen LogP contribution is -2.14. The summed E-state index contributed by atoms with van der Waals surface area (Å²) in [6.07, 6.45) is 2.55.